The van der Waals surface area contributed by atoms with E-state index in [4.69, 9.17) is 5.11 Å². The van der Waals surface area contributed by atoms with Gasteiger partial charge in [0.15, 0.2) is 0 Å². The normalized spacial score (nSPS) is 27.1. The highest BCUT2D eigenvalue weighted by Crippen LogP contribution is 2.36. The molecule has 1 amide bonds. The Morgan fingerprint density at radius 3 is 2.56 bits per heavy atom. The minimum Gasteiger partial charge on any atom is -0.481 e. The molecule has 0 spiro atoms. The Morgan fingerprint density at radius 2 is 2.12 bits per heavy atom. The molecule has 0 aromatic rings. The summed E-state index contributed by atoms with van der Waals surface area (Å²) in [6.07, 6.45) is 4.72. The van der Waals surface area contributed by atoms with Gasteiger partial charge in [0.1, 0.15) is 0 Å². The number of hydrogen-bond acceptors (Lipinski definition) is 3. The maximum atomic E-state index is 11.9. The number of hydrogen-bond donors (Lipinski definition) is 2. The summed E-state index contributed by atoms with van der Waals surface area (Å²) in [4.78, 5) is 22.7. The SMILES string of the molecule is O=C(O)CC1(NC(=O)C2CCCS2)CCC1. The monoisotopic (exact) mass is 243 g/mol. The van der Waals surface area contributed by atoms with E-state index in [-0.39, 0.29) is 17.6 Å². The van der Waals surface area contributed by atoms with Crippen LogP contribution in [0.15, 0.2) is 0 Å². The number of nitrogens with one attached hydrogen (secondary N) is 1. The van der Waals surface area contributed by atoms with Crippen LogP contribution in [-0.2, 0) is 9.59 Å². The van der Waals surface area contributed by atoms with Crippen molar-refractivity contribution in [3.8, 4) is 0 Å². The average Bonchev–Trinajstić information content (AvgIpc) is 2.66. The molecule has 0 bridgehead atoms. The van der Waals surface area contributed by atoms with E-state index in [2.05, 4.69) is 5.32 Å². The first kappa shape index (κ1) is 11.8. The molecule has 1 heterocycles. The number of thioether (sulfide) groups is 1. The van der Waals surface area contributed by atoms with Crippen molar-refractivity contribution in [3.63, 3.8) is 0 Å². The fourth-order valence-corrected chi connectivity index (χ4v) is 3.53. The second kappa shape index (κ2) is 4.65. The molecule has 5 heteroatoms. The summed E-state index contributed by atoms with van der Waals surface area (Å²) in [6, 6.07) is 0. The lowest BCUT2D eigenvalue weighted by atomic mass is 9.74. The van der Waals surface area contributed by atoms with Crippen molar-refractivity contribution < 1.29 is 14.7 Å². The van der Waals surface area contributed by atoms with E-state index in [1.165, 1.54) is 0 Å². The molecule has 1 saturated heterocycles. The molecule has 16 heavy (non-hydrogen) atoms. The summed E-state index contributed by atoms with van der Waals surface area (Å²) in [5.41, 5.74) is -0.438. The third-order valence-electron chi connectivity index (χ3n) is 3.41. The second-order valence-corrected chi connectivity index (χ2v) is 6.01. The van der Waals surface area contributed by atoms with Gasteiger partial charge in [-0.2, -0.15) is 0 Å². The summed E-state index contributed by atoms with van der Waals surface area (Å²) in [7, 11) is 0. The van der Waals surface area contributed by atoms with Gasteiger partial charge in [0, 0.05) is 0 Å². The Labute approximate surface area is 99.2 Å². The zero-order chi connectivity index (χ0) is 11.6. The molecule has 1 atom stereocenters. The summed E-state index contributed by atoms with van der Waals surface area (Å²) >= 11 is 1.69. The molecule has 0 radical (unpaired) electrons. The highest BCUT2D eigenvalue weighted by molar-refractivity contribution is 8.00. The average molecular weight is 243 g/mol. The van der Waals surface area contributed by atoms with E-state index < -0.39 is 11.5 Å². The highest BCUT2D eigenvalue weighted by atomic mass is 32.2. The van der Waals surface area contributed by atoms with Crippen LogP contribution in [0, 0.1) is 0 Å². The van der Waals surface area contributed by atoms with Crippen molar-refractivity contribution in [1.29, 1.82) is 0 Å². The van der Waals surface area contributed by atoms with Gasteiger partial charge in [-0.05, 0) is 37.9 Å². The quantitative estimate of drug-likeness (QED) is 0.783. The smallest absolute Gasteiger partial charge is 0.305 e. The lowest BCUT2D eigenvalue weighted by Gasteiger charge is -2.42. The Morgan fingerprint density at radius 1 is 1.38 bits per heavy atom. The number of carboxylic acid groups (broad SMARTS) is 1. The van der Waals surface area contributed by atoms with Gasteiger partial charge < -0.3 is 10.4 Å². The number of rotatable bonds is 4. The van der Waals surface area contributed by atoms with E-state index in [9.17, 15) is 9.59 Å². The van der Waals surface area contributed by atoms with Crippen molar-refractivity contribution in [2.24, 2.45) is 0 Å². The standard InChI is InChI=1S/C11H17NO3S/c13-9(14)7-11(4-2-5-11)12-10(15)8-3-1-6-16-8/h8H,1-7H2,(H,12,15)(H,13,14). The molecule has 0 aromatic heterocycles. The highest BCUT2D eigenvalue weighted by Gasteiger charge is 2.41. The zero-order valence-electron chi connectivity index (χ0n) is 9.20. The zero-order valence-corrected chi connectivity index (χ0v) is 10.0. The minimum absolute atomic E-state index is 0.0449. The molecule has 0 aromatic carbocycles. The fourth-order valence-electron chi connectivity index (χ4n) is 2.37. The lowest BCUT2D eigenvalue weighted by molar-refractivity contribution is -0.140. The Hall–Kier alpha value is -0.710. The molecular weight excluding hydrogens is 226 g/mol. The van der Waals surface area contributed by atoms with Crippen LogP contribution in [-0.4, -0.2) is 33.5 Å². The maximum Gasteiger partial charge on any atom is 0.305 e. The number of amides is 1. The second-order valence-electron chi connectivity index (χ2n) is 4.70. The van der Waals surface area contributed by atoms with Crippen molar-refractivity contribution >= 4 is 23.6 Å². The molecule has 2 aliphatic rings. The first-order valence-electron chi connectivity index (χ1n) is 5.77. The molecule has 2 fully saturated rings. The van der Waals surface area contributed by atoms with E-state index >= 15 is 0 Å². The van der Waals surface area contributed by atoms with Crippen LogP contribution >= 0.6 is 11.8 Å². The Balaban J connectivity index is 1.90. The van der Waals surface area contributed by atoms with Crippen LogP contribution in [0.1, 0.15) is 38.5 Å². The summed E-state index contributed by atoms with van der Waals surface area (Å²) in [5, 5.41) is 11.8. The van der Waals surface area contributed by atoms with Crippen molar-refractivity contribution in [3.05, 3.63) is 0 Å². The summed E-state index contributed by atoms with van der Waals surface area (Å²) in [5.74, 6) is 0.270. The van der Waals surface area contributed by atoms with Gasteiger partial charge >= 0.3 is 5.97 Å². The summed E-state index contributed by atoms with van der Waals surface area (Å²) < 4.78 is 0. The van der Waals surface area contributed by atoms with Crippen LogP contribution < -0.4 is 5.32 Å². The number of carbonyl (C=O) groups is 2. The van der Waals surface area contributed by atoms with Crippen LogP contribution in [0.25, 0.3) is 0 Å². The molecule has 1 saturated carbocycles. The third-order valence-corrected chi connectivity index (χ3v) is 4.79. The van der Waals surface area contributed by atoms with Gasteiger partial charge in [-0.3, -0.25) is 9.59 Å². The van der Waals surface area contributed by atoms with Gasteiger partial charge in [-0.15, -0.1) is 11.8 Å². The largest absolute Gasteiger partial charge is 0.481 e. The van der Waals surface area contributed by atoms with Crippen molar-refractivity contribution in [1.82, 2.24) is 5.32 Å². The molecule has 1 aliphatic heterocycles. The molecule has 4 nitrogen and oxygen atoms in total. The van der Waals surface area contributed by atoms with E-state index in [0.717, 1.165) is 37.9 Å². The molecule has 1 aliphatic carbocycles. The topological polar surface area (TPSA) is 66.4 Å². The van der Waals surface area contributed by atoms with Gasteiger partial charge in [0.25, 0.3) is 0 Å². The molecule has 90 valence electrons. The van der Waals surface area contributed by atoms with E-state index in [1.807, 2.05) is 0 Å². The fraction of sp³-hybridized carbons (Fsp3) is 0.818. The first-order valence-corrected chi connectivity index (χ1v) is 6.82. The predicted octanol–water partition coefficient (Wildman–Crippen LogP) is 1.40. The molecule has 1 unspecified atom stereocenters. The minimum atomic E-state index is -0.820. The third kappa shape index (κ3) is 2.51. The van der Waals surface area contributed by atoms with E-state index in [0.29, 0.717) is 0 Å². The van der Waals surface area contributed by atoms with Gasteiger partial charge in [0.05, 0.1) is 17.2 Å². The van der Waals surface area contributed by atoms with Gasteiger partial charge in [-0.25, -0.2) is 0 Å². The van der Waals surface area contributed by atoms with Crippen molar-refractivity contribution in [2.75, 3.05) is 5.75 Å². The van der Waals surface area contributed by atoms with Gasteiger partial charge in [-0.1, -0.05) is 0 Å². The van der Waals surface area contributed by atoms with Crippen LogP contribution in [0.4, 0.5) is 0 Å². The Kier molecular flexibility index (Phi) is 3.42. The number of carboxylic acids is 1. The maximum absolute atomic E-state index is 11.9. The Bertz CT molecular complexity index is 296. The lowest BCUT2D eigenvalue weighted by Crippen LogP contribution is -2.56. The summed E-state index contributed by atoms with van der Waals surface area (Å²) in [6.45, 7) is 0. The van der Waals surface area contributed by atoms with Crippen molar-refractivity contribution in [2.45, 2.75) is 49.3 Å². The van der Waals surface area contributed by atoms with Crippen LogP contribution in [0.3, 0.4) is 0 Å². The molecular formula is C11H17NO3S. The van der Waals surface area contributed by atoms with Crippen LogP contribution in [0.5, 0.6) is 0 Å². The molecule has 2 N–H and O–H groups in total. The van der Waals surface area contributed by atoms with Crippen LogP contribution in [0.2, 0.25) is 0 Å². The molecule has 2 rings (SSSR count). The first-order chi connectivity index (χ1) is 7.61. The van der Waals surface area contributed by atoms with Gasteiger partial charge in [0.2, 0.25) is 5.91 Å². The number of aliphatic carboxylic acids is 1. The predicted molar refractivity (Wildman–Crippen MR) is 62.5 cm³/mol. The van der Waals surface area contributed by atoms with E-state index in [1.54, 1.807) is 11.8 Å². The number of carbonyl (C=O) groups excluding carboxylic acids is 1.